The van der Waals surface area contributed by atoms with E-state index in [1.165, 1.54) is 18.4 Å². The molecule has 0 aliphatic heterocycles. The van der Waals surface area contributed by atoms with Crippen LogP contribution in [0.5, 0.6) is 5.75 Å². The quantitative estimate of drug-likeness (QED) is 0.454. The number of benzene rings is 2. The number of ether oxygens (including phenoxy) is 2. The number of hydrogen-bond acceptors (Lipinski definition) is 5. The van der Waals surface area contributed by atoms with Gasteiger partial charge in [0.05, 0.1) is 20.6 Å². The van der Waals surface area contributed by atoms with Gasteiger partial charge in [-0.05, 0) is 42.3 Å². The van der Waals surface area contributed by atoms with E-state index in [1.807, 2.05) is 31.2 Å². The average Bonchev–Trinajstić information content (AvgIpc) is 3.05. The Bertz CT molecular complexity index is 1090. The van der Waals surface area contributed by atoms with E-state index < -0.39 is 5.97 Å². The summed E-state index contributed by atoms with van der Waals surface area (Å²) in [5.74, 6) is -0.114. The molecule has 1 amide bonds. The number of anilines is 1. The van der Waals surface area contributed by atoms with E-state index in [9.17, 15) is 9.59 Å². The lowest BCUT2D eigenvalue weighted by atomic mass is 10.0. The summed E-state index contributed by atoms with van der Waals surface area (Å²) < 4.78 is 10.2. The Balaban J connectivity index is 1.94. The molecule has 0 aliphatic rings. The highest BCUT2D eigenvalue weighted by atomic mass is 35.5. The van der Waals surface area contributed by atoms with Gasteiger partial charge in [0.2, 0.25) is 5.91 Å². The highest BCUT2D eigenvalue weighted by molar-refractivity contribution is 7.17. The number of halogens is 2. The molecule has 0 saturated heterocycles. The first-order valence-corrected chi connectivity index (χ1v) is 10.5. The number of amides is 1. The van der Waals surface area contributed by atoms with Crippen molar-refractivity contribution in [3.8, 4) is 16.9 Å². The van der Waals surface area contributed by atoms with Crippen molar-refractivity contribution in [2.75, 3.05) is 19.5 Å². The molecule has 0 aliphatic carbocycles. The van der Waals surface area contributed by atoms with Crippen LogP contribution in [-0.2, 0) is 16.0 Å². The van der Waals surface area contributed by atoms with Gasteiger partial charge in [0, 0.05) is 20.5 Å². The summed E-state index contributed by atoms with van der Waals surface area (Å²) in [6, 6.07) is 12.3. The first-order chi connectivity index (χ1) is 14.3. The van der Waals surface area contributed by atoms with Crippen LogP contribution in [0.4, 0.5) is 5.00 Å². The van der Waals surface area contributed by atoms with Gasteiger partial charge in [-0.15, -0.1) is 11.3 Å². The number of rotatable bonds is 6. The molecule has 0 atom stereocenters. The molecule has 0 fully saturated rings. The molecule has 0 radical (unpaired) electrons. The summed E-state index contributed by atoms with van der Waals surface area (Å²) in [5.41, 5.74) is 2.50. The van der Waals surface area contributed by atoms with Crippen molar-refractivity contribution in [2.45, 2.75) is 13.3 Å². The topological polar surface area (TPSA) is 64.6 Å². The van der Waals surface area contributed by atoms with Crippen LogP contribution in [0.1, 0.15) is 20.8 Å². The minimum atomic E-state index is -0.523. The van der Waals surface area contributed by atoms with Gasteiger partial charge in [-0.25, -0.2) is 4.79 Å². The van der Waals surface area contributed by atoms with E-state index in [-0.39, 0.29) is 12.3 Å². The van der Waals surface area contributed by atoms with Crippen molar-refractivity contribution < 1.29 is 19.1 Å². The van der Waals surface area contributed by atoms with Gasteiger partial charge in [0.25, 0.3) is 0 Å². The van der Waals surface area contributed by atoms with E-state index in [0.29, 0.717) is 37.5 Å². The molecule has 1 heterocycles. The summed E-state index contributed by atoms with van der Waals surface area (Å²) in [6.07, 6.45) is 0.0471. The van der Waals surface area contributed by atoms with E-state index in [1.54, 1.807) is 25.3 Å². The summed E-state index contributed by atoms with van der Waals surface area (Å²) in [6.45, 7) is 1.89. The molecule has 1 aromatic heterocycles. The maximum atomic E-state index is 12.7. The molecule has 0 unspecified atom stereocenters. The maximum absolute atomic E-state index is 12.7. The standard InChI is InChI=1S/C22H19Cl2NO4S/c1-12-19(13-5-8-16(28-2)9-6-13)20(22(27)29-3)21(30-12)25-18(26)10-14-4-7-15(23)11-17(14)24/h4-9,11H,10H2,1-3H3,(H,25,26). The number of carbonyl (C=O) groups is 2. The second kappa shape index (κ2) is 9.51. The SMILES string of the molecule is COC(=O)c1c(NC(=O)Cc2ccc(Cl)cc2Cl)sc(C)c1-c1ccc(OC)cc1. The molecule has 8 heteroatoms. The van der Waals surface area contributed by atoms with Crippen LogP contribution >= 0.6 is 34.5 Å². The molecular formula is C22H19Cl2NO4S. The van der Waals surface area contributed by atoms with Gasteiger partial charge in [0.15, 0.2) is 0 Å². The second-order valence-corrected chi connectivity index (χ2v) is 8.49. The van der Waals surface area contributed by atoms with Crippen LogP contribution in [0, 0.1) is 6.92 Å². The molecule has 2 aromatic carbocycles. The number of esters is 1. The zero-order chi connectivity index (χ0) is 21.8. The Hall–Kier alpha value is -2.54. The predicted molar refractivity (Wildman–Crippen MR) is 121 cm³/mol. The number of methoxy groups -OCH3 is 2. The van der Waals surface area contributed by atoms with Gasteiger partial charge in [-0.2, -0.15) is 0 Å². The highest BCUT2D eigenvalue weighted by Gasteiger charge is 2.25. The van der Waals surface area contributed by atoms with Crippen molar-refractivity contribution in [2.24, 2.45) is 0 Å². The zero-order valence-corrected chi connectivity index (χ0v) is 18.9. The molecule has 30 heavy (non-hydrogen) atoms. The van der Waals surface area contributed by atoms with Crippen molar-refractivity contribution in [1.29, 1.82) is 0 Å². The lowest BCUT2D eigenvalue weighted by Crippen LogP contribution is -2.16. The first kappa shape index (κ1) is 22.2. The molecular weight excluding hydrogens is 445 g/mol. The van der Waals surface area contributed by atoms with Crippen molar-refractivity contribution in [3.05, 3.63) is 68.5 Å². The minimum Gasteiger partial charge on any atom is -0.497 e. The van der Waals surface area contributed by atoms with Crippen LogP contribution in [0.2, 0.25) is 10.0 Å². The third kappa shape index (κ3) is 4.78. The fourth-order valence-corrected chi connectivity index (χ4v) is 4.60. The fraction of sp³-hybridized carbons (Fsp3) is 0.182. The minimum absolute atomic E-state index is 0.0471. The molecule has 156 valence electrons. The smallest absolute Gasteiger partial charge is 0.341 e. The Morgan fingerprint density at radius 1 is 1.07 bits per heavy atom. The number of aryl methyl sites for hydroxylation is 1. The van der Waals surface area contributed by atoms with Crippen molar-refractivity contribution in [1.82, 2.24) is 0 Å². The second-order valence-electron chi connectivity index (χ2n) is 6.42. The summed E-state index contributed by atoms with van der Waals surface area (Å²) in [4.78, 5) is 26.1. The molecule has 0 bridgehead atoms. The molecule has 1 N–H and O–H groups in total. The number of nitrogens with one attached hydrogen (secondary N) is 1. The van der Waals surface area contributed by atoms with Crippen LogP contribution in [0.25, 0.3) is 11.1 Å². The molecule has 5 nitrogen and oxygen atoms in total. The molecule has 0 spiro atoms. The number of carbonyl (C=O) groups excluding carboxylic acids is 2. The normalized spacial score (nSPS) is 10.6. The van der Waals surface area contributed by atoms with E-state index in [0.717, 1.165) is 10.4 Å². The van der Waals surface area contributed by atoms with E-state index in [4.69, 9.17) is 32.7 Å². The monoisotopic (exact) mass is 463 g/mol. The third-order valence-corrected chi connectivity index (χ3v) is 6.08. The Morgan fingerprint density at radius 3 is 2.37 bits per heavy atom. The average molecular weight is 464 g/mol. The third-order valence-electron chi connectivity index (χ3n) is 4.47. The summed E-state index contributed by atoms with van der Waals surface area (Å²) in [5, 5.41) is 4.17. The van der Waals surface area contributed by atoms with Crippen molar-refractivity contribution in [3.63, 3.8) is 0 Å². The first-order valence-electron chi connectivity index (χ1n) is 8.94. The fourth-order valence-electron chi connectivity index (χ4n) is 3.04. The van der Waals surface area contributed by atoms with Crippen LogP contribution in [0.15, 0.2) is 42.5 Å². The molecule has 0 saturated carbocycles. The summed E-state index contributed by atoms with van der Waals surface area (Å²) >= 11 is 13.4. The molecule has 3 rings (SSSR count). The van der Waals surface area contributed by atoms with Crippen LogP contribution < -0.4 is 10.1 Å². The van der Waals surface area contributed by atoms with Gasteiger partial charge < -0.3 is 14.8 Å². The maximum Gasteiger partial charge on any atom is 0.341 e. The Labute approximate surface area is 188 Å². The van der Waals surface area contributed by atoms with Gasteiger partial charge in [-0.1, -0.05) is 41.4 Å². The van der Waals surface area contributed by atoms with Gasteiger partial charge in [-0.3, -0.25) is 4.79 Å². The Morgan fingerprint density at radius 2 is 1.77 bits per heavy atom. The van der Waals surface area contributed by atoms with Gasteiger partial charge >= 0.3 is 5.97 Å². The Kier molecular flexibility index (Phi) is 7.02. The zero-order valence-electron chi connectivity index (χ0n) is 16.5. The number of thiophene rings is 1. The predicted octanol–water partition coefficient (Wildman–Crippen LogP) is 6.01. The lowest BCUT2D eigenvalue weighted by Gasteiger charge is -2.09. The molecule has 3 aromatic rings. The van der Waals surface area contributed by atoms with E-state index in [2.05, 4.69) is 5.32 Å². The van der Waals surface area contributed by atoms with E-state index >= 15 is 0 Å². The van der Waals surface area contributed by atoms with Crippen LogP contribution in [0.3, 0.4) is 0 Å². The lowest BCUT2D eigenvalue weighted by molar-refractivity contribution is -0.115. The number of hydrogen-bond donors (Lipinski definition) is 1. The highest BCUT2D eigenvalue weighted by Crippen LogP contribution is 2.41. The summed E-state index contributed by atoms with van der Waals surface area (Å²) in [7, 11) is 2.90. The van der Waals surface area contributed by atoms with Gasteiger partial charge in [0.1, 0.15) is 16.3 Å². The van der Waals surface area contributed by atoms with Crippen LogP contribution in [-0.4, -0.2) is 26.1 Å². The largest absolute Gasteiger partial charge is 0.497 e. The van der Waals surface area contributed by atoms with Crippen molar-refractivity contribution >= 4 is 51.4 Å².